The van der Waals surface area contributed by atoms with Crippen LogP contribution in [0.2, 0.25) is 0 Å². The molecule has 5 heteroatoms. The van der Waals surface area contributed by atoms with E-state index in [2.05, 4.69) is 5.32 Å². The average molecular weight is 285 g/mol. The first-order chi connectivity index (χ1) is 10.1. The number of aliphatic hydroxyl groups is 1. The number of Topliss-reactive ketones (excluding diaryl/α,β-unsaturated/α-hetero) is 1. The Morgan fingerprint density at radius 3 is 2.19 bits per heavy atom. The van der Waals surface area contributed by atoms with Crippen molar-refractivity contribution < 1.29 is 19.4 Å². The molecule has 0 aromatic heterocycles. The maximum atomic E-state index is 11.9. The van der Waals surface area contributed by atoms with Crippen molar-refractivity contribution >= 4 is 11.7 Å². The van der Waals surface area contributed by atoms with Gasteiger partial charge in [-0.3, -0.25) is 9.59 Å². The first-order valence-electron chi connectivity index (χ1n) is 6.34. The van der Waals surface area contributed by atoms with Gasteiger partial charge in [0.05, 0.1) is 7.11 Å². The van der Waals surface area contributed by atoms with Gasteiger partial charge in [0.25, 0.3) is 5.91 Å². The lowest BCUT2D eigenvalue weighted by atomic mass is 10.1. The van der Waals surface area contributed by atoms with Gasteiger partial charge in [0.1, 0.15) is 5.75 Å². The fourth-order valence-corrected chi connectivity index (χ4v) is 1.78. The molecule has 1 unspecified atom stereocenters. The van der Waals surface area contributed by atoms with E-state index in [0.717, 1.165) is 0 Å². The van der Waals surface area contributed by atoms with Crippen LogP contribution in [-0.4, -0.2) is 30.1 Å². The minimum absolute atomic E-state index is 0.329. The van der Waals surface area contributed by atoms with Crippen molar-refractivity contribution in [2.75, 3.05) is 7.11 Å². The van der Waals surface area contributed by atoms with E-state index in [1.54, 1.807) is 54.6 Å². The normalized spacial score (nSPS) is 11.5. The number of hydrogen-bond donors (Lipinski definition) is 2. The number of ether oxygens (including phenoxy) is 1. The van der Waals surface area contributed by atoms with Gasteiger partial charge in [0, 0.05) is 11.1 Å². The predicted octanol–water partition coefficient (Wildman–Crippen LogP) is 1.63. The van der Waals surface area contributed by atoms with Crippen LogP contribution in [-0.2, 0) is 0 Å². The van der Waals surface area contributed by atoms with Gasteiger partial charge in [0.15, 0.2) is 6.23 Å². The average Bonchev–Trinajstić information content (AvgIpc) is 2.55. The van der Waals surface area contributed by atoms with Crippen LogP contribution in [0, 0.1) is 0 Å². The Labute approximate surface area is 122 Å². The van der Waals surface area contributed by atoms with Gasteiger partial charge in [0.2, 0.25) is 5.78 Å². The third-order valence-electron chi connectivity index (χ3n) is 2.93. The highest BCUT2D eigenvalue weighted by Gasteiger charge is 2.19. The summed E-state index contributed by atoms with van der Waals surface area (Å²) in [5.74, 6) is -0.473. The van der Waals surface area contributed by atoms with Crippen LogP contribution in [0.15, 0.2) is 54.6 Å². The van der Waals surface area contributed by atoms with E-state index in [0.29, 0.717) is 16.9 Å². The molecule has 0 aliphatic rings. The third kappa shape index (κ3) is 3.67. The van der Waals surface area contributed by atoms with Crippen LogP contribution in [0.4, 0.5) is 0 Å². The van der Waals surface area contributed by atoms with Crippen LogP contribution in [0.5, 0.6) is 5.75 Å². The molecule has 0 aliphatic heterocycles. The lowest BCUT2D eigenvalue weighted by molar-refractivity contribution is 0.0607. The topological polar surface area (TPSA) is 75.6 Å². The molecule has 1 atom stereocenters. The van der Waals surface area contributed by atoms with Gasteiger partial charge in [-0.05, 0) is 24.3 Å². The van der Waals surface area contributed by atoms with Crippen molar-refractivity contribution in [3.05, 3.63) is 65.7 Å². The minimum atomic E-state index is -1.58. The van der Waals surface area contributed by atoms with E-state index in [1.807, 2.05) is 0 Å². The Morgan fingerprint density at radius 1 is 1.00 bits per heavy atom. The molecule has 0 saturated carbocycles. The Bertz CT molecular complexity index is 622. The van der Waals surface area contributed by atoms with Gasteiger partial charge in [-0.25, -0.2) is 0 Å². The van der Waals surface area contributed by atoms with Crippen molar-refractivity contribution in [1.29, 1.82) is 0 Å². The molecule has 2 N–H and O–H groups in total. The highest BCUT2D eigenvalue weighted by Crippen LogP contribution is 2.11. The Kier molecular flexibility index (Phi) is 4.68. The zero-order valence-electron chi connectivity index (χ0n) is 11.4. The summed E-state index contributed by atoms with van der Waals surface area (Å²) < 4.78 is 4.99. The first kappa shape index (κ1) is 14.7. The Hall–Kier alpha value is -2.66. The molecule has 2 aromatic rings. The lowest BCUT2D eigenvalue weighted by Crippen LogP contribution is -2.40. The summed E-state index contributed by atoms with van der Waals surface area (Å²) in [5, 5.41) is 12.1. The van der Waals surface area contributed by atoms with Crippen LogP contribution >= 0.6 is 0 Å². The summed E-state index contributed by atoms with van der Waals surface area (Å²) in [6, 6.07) is 14.6. The highest BCUT2D eigenvalue weighted by atomic mass is 16.5. The maximum Gasteiger partial charge on any atom is 0.253 e. The number of aliphatic hydroxyl groups excluding tert-OH is 1. The summed E-state index contributed by atoms with van der Waals surface area (Å²) in [6.07, 6.45) is -1.58. The van der Waals surface area contributed by atoms with Gasteiger partial charge in [-0.1, -0.05) is 30.3 Å². The number of carbonyl (C=O) groups is 2. The lowest BCUT2D eigenvalue weighted by Gasteiger charge is -2.12. The second kappa shape index (κ2) is 6.67. The number of nitrogens with one attached hydrogen (secondary N) is 1. The van der Waals surface area contributed by atoms with Crippen molar-refractivity contribution in [3.63, 3.8) is 0 Å². The van der Waals surface area contributed by atoms with Crippen molar-refractivity contribution in [2.45, 2.75) is 6.23 Å². The summed E-state index contributed by atoms with van der Waals surface area (Å²) in [7, 11) is 1.53. The molecule has 0 saturated heterocycles. The van der Waals surface area contributed by atoms with Gasteiger partial charge < -0.3 is 15.2 Å². The summed E-state index contributed by atoms with van der Waals surface area (Å²) in [5.41, 5.74) is 0.663. The van der Waals surface area contributed by atoms with Crippen LogP contribution in [0.25, 0.3) is 0 Å². The number of hydrogen-bond acceptors (Lipinski definition) is 4. The molecule has 21 heavy (non-hydrogen) atoms. The van der Waals surface area contributed by atoms with Crippen molar-refractivity contribution in [2.24, 2.45) is 0 Å². The van der Waals surface area contributed by atoms with Crippen molar-refractivity contribution in [3.8, 4) is 5.75 Å². The largest absolute Gasteiger partial charge is 0.497 e. The van der Waals surface area contributed by atoms with Crippen molar-refractivity contribution in [1.82, 2.24) is 5.32 Å². The number of ketones is 1. The molecule has 0 radical (unpaired) electrons. The SMILES string of the molecule is COc1ccc(C(=O)NC(O)C(=O)c2ccccc2)cc1. The molecular formula is C16H15NO4. The van der Waals surface area contributed by atoms with Gasteiger partial charge in [-0.15, -0.1) is 0 Å². The van der Waals surface area contributed by atoms with E-state index in [-0.39, 0.29) is 0 Å². The molecular weight excluding hydrogens is 270 g/mol. The molecule has 108 valence electrons. The number of rotatable bonds is 5. The number of benzene rings is 2. The monoisotopic (exact) mass is 285 g/mol. The molecule has 2 aromatic carbocycles. The van der Waals surface area contributed by atoms with E-state index in [1.165, 1.54) is 7.11 Å². The van der Waals surface area contributed by atoms with Crippen LogP contribution in [0.1, 0.15) is 20.7 Å². The Morgan fingerprint density at radius 2 is 1.62 bits per heavy atom. The van der Waals surface area contributed by atoms with Crippen LogP contribution < -0.4 is 10.1 Å². The van der Waals surface area contributed by atoms with Gasteiger partial charge >= 0.3 is 0 Å². The number of methoxy groups -OCH3 is 1. The standard InChI is InChI=1S/C16H15NO4/c1-21-13-9-7-12(8-10-13)15(19)17-16(20)14(18)11-5-3-2-4-6-11/h2-10,16,20H,1H3,(H,17,19). The fourth-order valence-electron chi connectivity index (χ4n) is 1.78. The second-order valence-corrected chi connectivity index (χ2v) is 4.33. The zero-order valence-corrected chi connectivity index (χ0v) is 11.4. The maximum absolute atomic E-state index is 11.9. The number of amides is 1. The molecule has 0 bridgehead atoms. The molecule has 2 rings (SSSR count). The highest BCUT2D eigenvalue weighted by molar-refractivity contribution is 6.03. The molecule has 1 amide bonds. The molecule has 0 fully saturated rings. The summed E-state index contributed by atoms with van der Waals surface area (Å²) >= 11 is 0. The first-order valence-corrected chi connectivity index (χ1v) is 6.34. The molecule has 0 aliphatic carbocycles. The van der Waals surface area contributed by atoms with E-state index >= 15 is 0 Å². The van der Waals surface area contributed by atoms with Gasteiger partial charge in [-0.2, -0.15) is 0 Å². The fraction of sp³-hybridized carbons (Fsp3) is 0.125. The van der Waals surface area contributed by atoms with E-state index < -0.39 is 17.9 Å². The van der Waals surface area contributed by atoms with E-state index in [4.69, 9.17) is 4.74 Å². The predicted molar refractivity (Wildman–Crippen MR) is 77.2 cm³/mol. The number of carbonyl (C=O) groups excluding carboxylic acids is 2. The molecule has 5 nitrogen and oxygen atoms in total. The zero-order chi connectivity index (χ0) is 15.2. The Balaban J connectivity index is 2.03. The van der Waals surface area contributed by atoms with E-state index in [9.17, 15) is 14.7 Å². The molecule has 0 spiro atoms. The summed E-state index contributed by atoms with van der Waals surface area (Å²) in [4.78, 5) is 23.9. The van der Waals surface area contributed by atoms with Crippen LogP contribution in [0.3, 0.4) is 0 Å². The quantitative estimate of drug-likeness (QED) is 0.646. The summed E-state index contributed by atoms with van der Waals surface area (Å²) in [6.45, 7) is 0. The molecule has 0 heterocycles. The third-order valence-corrected chi connectivity index (χ3v) is 2.93. The minimum Gasteiger partial charge on any atom is -0.497 e. The second-order valence-electron chi connectivity index (χ2n) is 4.33. The smallest absolute Gasteiger partial charge is 0.253 e.